The van der Waals surface area contributed by atoms with E-state index in [-0.39, 0.29) is 49.3 Å². The zero-order valence-corrected chi connectivity index (χ0v) is 24.0. The van der Waals surface area contributed by atoms with Crippen molar-refractivity contribution in [1.29, 1.82) is 0 Å². The number of piperazine rings is 1. The summed E-state index contributed by atoms with van der Waals surface area (Å²) in [5.74, 6) is -0.523. The number of rotatable bonds is 12. The van der Waals surface area contributed by atoms with Gasteiger partial charge in [-0.25, -0.2) is 19.2 Å². The van der Waals surface area contributed by atoms with Crippen molar-refractivity contribution >= 4 is 24.3 Å². The third-order valence-corrected chi connectivity index (χ3v) is 7.02. The molecule has 1 aromatic carbocycles. The predicted octanol–water partition coefficient (Wildman–Crippen LogP) is 2.10. The number of carbonyl (C=O) groups is 4. The van der Waals surface area contributed by atoms with Crippen LogP contribution in [-0.2, 0) is 25.7 Å². The molecule has 0 aliphatic carbocycles. The number of hydrazine groups is 1. The Morgan fingerprint density at radius 1 is 1.23 bits per heavy atom. The van der Waals surface area contributed by atoms with Crippen molar-refractivity contribution in [3.63, 3.8) is 0 Å². The van der Waals surface area contributed by atoms with Gasteiger partial charge < -0.3 is 25.2 Å². The van der Waals surface area contributed by atoms with E-state index in [0.29, 0.717) is 19.5 Å². The zero-order chi connectivity index (χ0) is 29.7. The molecule has 11 nitrogen and oxygen atoms in total. The minimum Gasteiger partial charge on any atom is -0.464 e. The highest BCUT2D eigenvalue weighted by Gasteiger charge is 2.51. The molecule has 12 heteroatoms. The summed E-state index contributed by atoms with van der Waals surface area (Å²) in [5, 5.41) is 9.16. The minimum atomic E-state index is -0.596. The molecule has 2 fully saturated rings. The van der Waals surface area contributed by atoms with Crippen LogP contribution in [0.25, 0.3) is 0 Å². The van der Waals surface area contributed by atoms with E-state index in [9.17, 15) is 23.6 Å². The molecule has 40 heavy (non-hydrogen) atoms. The first-order chi connectivity index (χ1) is 19.2. The van der Waals surface area contributed by atoms with Crippen molar-refractivity contribution in [3.8, 4) is 0 Å². The van der Waals surface area contributed by atoms with E-state index in [1.54, 1.807) is 34.1 Å². The van der Waals surface area contributed by atoms with Crippen molar-refractivity contribution < 1.29 is 28.3 Å². The summed E-state index contributed by atoms with van der Waals surface area (Å²) in [7, 11) is 3.57. The summed E-state index contributed by atoms with van der Waals surface area (Å²) < 4.78 is 17.4. The molecule has 4 amide bonds. The summed E-state index contributed by atoms with van der Waals surface area (Å²) in [6.07, 6.45) is 3.81. The molecule has 2 N–H and O–H groups in total. The quantitative estimate of drug-likeness (QED) is 0.228. The first kappa shape index (κ1) is 32.7. The Morgan fingerprint density at radius 3 is 2.45 bits per heavy atom. The smallest absolute Gasteiger partial charge is 0.334 e. The number of amides is 4. The highest BCUT2D eigenvalue weighted by molar-refractivity contribution is 5.91. The van der Waals surface area contributed by atoms with E-state index in [1.807, 2.05) is 11.9 Å². The lowest BCUT2D eigenvalue weighted by Gasteiger charge is -2.55. The second-order valence-corrected chi connectivity index (χ2v) is 9.67. The summed E-state index contributed by atoms with van der Waals surface area (Å²) in [6.45, 7) is 9.37. The highest BCUT2D eigenvalue weighted by atomic mass is 19.1. The van der Waals surface area contributed by atoms with Gasteiger partial charge in [0, 0.05) is 19.6 Å². The lowest BCUT2D eigenvalue weighted by molar-refractivity contribution is -0.189. The maximum Gasteiger partial charge on any atom is 0.334 e. The van der Waals surface area contributed by atoms with E-state index in [2.05, 4.69) is 35.8 Å². The number of nitrogens with zero attached hydrogens (tertiary/aromatic N) is 4. The number of hydrogen-bond donors (Lipinski definition) is 2. The second kappa shape index (κ2) is 16.6. The molecule has 2 saturated heterocycles. The third-order valence-electron chi connectivity index (χ3n) is 7.02. The Balaban J connectivity index is 0.000000840. The van der Waals surface area contributed by atoms with Gasteiger partial charge in [0.1, 0.15) is 24.6 Å². The van der Waals surface area contributed by atoms with Crippen molar-refractivity contribution in [1.82, 2.24) is 30.5 Å². The number of carbonyl (C=O) groups excluding carboxylic acids is 4. The van der Waals surface area contributed by atoms with Crippen LogP contribution in [0, 0.1) is 5.82 Å². The summed E-state index contributed by atoms with van der Waals surface area (Å²) in [5.41, 5.74) is 0.768. The first-order valence-corrected chi connectivity index (χ1v) is 13.7. The van der Waals surface area contributed by atoms with Gasteiger partial charge in [-0.05, 0) is 57.0 Å². The van der Waals surface area contributed by atoms with Crippen LogP contribution in [0.5, 0.6) is 0 Å². The molecule has 2 aliphatic rings. The topological polar surface area (TPSA) is 115 Å². The SMILES string of the molecule is C=CCOC=O.CCC(CC)N1CC2N(C(=O)CN(C)N2C(=O)NCc2ccc(F)cc2)[C@@H](CCCNC)C1=O. The fourth-order valence-electron chi connectivity index (χ4n) is 5.04. The van der Waals surface area contributed by atoms with Gasteiger partial charge in [0.05, 0.1) is 13.1 Å². The largest absolute Gasteiger partial charge is 0.464 e. The number of likely N-dealkylation sites (N-methyl/N-ethyl adjacent to an activating group) is 1. The highest BCUT2D eigenvalue weighted by Crippen LogP contribution is 2.30. The van der Waals surface area contributed by atoms with E-state index in [1.165, 1.54) is 18.2 Å². The van der Waals surface area contributed by atoms with Crippen molar-refractivity contribution in [3.05, 3.63) is 48.3 Å². The van der Waals surface area contributed by atoms with Gasteiger partial charge in [-0.1, -0.05) is 38.6 Å². The maximum absolute atomic E-state index is 13.5. The molecule has 1 unspecified atom stereocenters. The van der Waals surface area contributed by atoms with E-state index in [0.717, 1.165) is 31.4 Å². The molecule has 3 rings (SSSR count). The predicted molar refractivity (Wildman–Crippen MR) is 149 cm³/mol. The monoisotopic (exact) mass is 562 g/mol. The molecular weight excluding hydrogens is 519 g/mol. The van der Waals surface area contributed by atoms with Gasteiger partial charge >= 0.3 is 6.03 Å². The Hall–Kier alpha value is -3.51. The Kier molecular flexibility index (Phi) is 13.5. The molecule has 1 aromatic rings. The molecule has 2 atom stereocenters. The Morgan fingerprint density at radius 2 is 1.90 bits per heavy atom. The summed E-state index contributed by atoms with van der Waals surface area (Å²) in [6, 6.07) is 5.04. The molecule has 2 heterocycles. The van der Waals surface area contributed by atoms with Crippen molar-refractivity contribution in [2.45, 2.75) is 64.3 Å². The average molecular weight is 563 g/mol. The normalized spacial score (nSPS) is 19.1. The molecule has 0 spiro atoms. The number of nitrogens with one attached hydrogen (secondary N) is 2. The van der Waals surface area contributed by atoms with Crippen molar-refractivity contribution in [2.75, 3.05) is 40.3 Å². The number of halogens is 1. The van der Waals surface area contributed by atoms with E-state index in [4.69, 9.17) is 0 Å². The number of urea groups is 1. The summed E-state index contributed by atoms with van der Waals surface area (Å²) in [4.78, 5) is 52.7. The fourth-order valence-corrected chi connectivity index (χ4v) is 5.04. The number of benzene rings is 1. The van der Waals surface area contributed by atoms with Crippen LogP contribution in [0.15, 0.2) is 36.9 Å². The third kappa shape index (κ3) is 8.49. The van der Waals surface area contributed by atoms with Gasteiger partial charge in [0.25, 0.3) is 6.47 Å². The van der Waals surface area contributed by atoms with E-state index >= 15 is 0 Å². The van der Waals surface area contributed by atoms with Crippen LogP contribution in [0.2, 0.25) is 0 Å². The van der Waals surface area contributed by atoms with Crippen LogP contribution in [0.3, 0.4) is 0 Å². The standard InChI is InChI=1S/C24H37FN6O3.C4H6O2/c1-5-19(6-2)29-15-21-30(20(23(29)33)8-7-13-26-3)22(32)16-28(4)31(21)24(34)27-14-17-9-11-18(25)12-10-17;1-2-3-6-4-5/h9-12,19-21,26H,5-8,13-16H2,1-4H3,(H,27,34);2,4H,1,3H2/t20-,21?;/m0./s1. The molecule has 2 aliphatic heterocycles. The lowest BCUT2D eigenvalue weighted by Crippen LogP contribution is -2.76. The Bertz CT molecular complexity index is 982. The number of hydrogen-bond acceptors (Lipinski definition) is 7. The van der Waals surface area contributed by atoms with Gasteiger partial charge in [-0.2, -0.15) is 0 Å². The molecule has 0 radical (unpaired) electrons. The van der Waals surface area contributed by atoms with Crippen molar-refractivity contribution in [2.24, 2.45) is 0 Å². The van der Waals surface area contributed by atoms with Crippen LogP contribution in [0.1, 0.15) is 45.1 Å². The maximum atomic E-state index is 13.5. The molecule has 0 aromatic heterocycles. The zero-order valence-electron chi connectivity index (χ0n) is 24.0. The molecular formula is C28H43FN6O5. The lowest BCUT2D eigenvalue weighted by atomic mass is 9.98. The Labute approximate surface area is 236 Å². The van der Waals surface area contributed by atoms with E-state index < -0.39 is 12.2 Å². The first-order valence-electron chi connectivity index (χ1n) is 13.7. The van der Waals surface area contributed by atoms with Gasteiger partial charge in [-0.3, -0.25) is 14.4 Å². The summed E-state index contributed by atoms with van der Waals surface area (Å²) >= 11 is 0. The molecule has 0 saturated carbocycles. The molecule has 222 valence electrons. The van der Waals surface area contributed by atoms with Crippen LogP contribution in [0.4, 0.5) is 9.18 Å². The second-order valence-electron chi connectivity index (χ2n) is 9.67. The average Bonchev–Trinajstić information content (AvgIpc) is 2.94. The van der Waals surface area contributed by atoms with Gasteiger partial charge in [-0.15, -0.1) is 0 Å². The van der Waals surface area contributed by atoms with Crippen LogP contribution in [-0.4, -0.2) is 103 Å². The fraction of sp³-hybridized carbons (Fsp3) is 0.571. The van der Waals surface area contributed by atoms with Gasteiger partial charge in [0.2, 0.25) is 11.8 Å². The van der Waals surface area contributed by atoms with Crippen LogP contribution < -0.4 is 10.6 Å². The van der Waals surface area contributed by atoms with Gasteiger partial charge in [0.15, 0.2) is 0 Å². The molecule has 0 bridgehead atoms. The minimum absolute atomic E-state index is 0.0151. The number of fused-ring (bicyclic) bond motifs is 1. The number of ether oxygens (including phenoxy) is 1. The van der Waals surface area contributed by atoms with Crippen LogP contribution >= 0.6 is 0 Å².